The van der Waals surface area contributed by atoms with Crippen LogP contribution in [-0.2, 0) is 11.3 Å². The number of hydrogen-bond donors (Lipinski definition) is 3. The highest BCUT2D eigenvalue weighted by atomic mass is 32.2. The zero-order valence-corrected chi connectivity index (χ0v) is 21.7. The number of hydrogen-bond acceptors (Lipinski definition) is 6. The summed E-state index contributed by atoms with van der Waals surface area (Å²) in [6.45, 7) is 0.470. The average molecular weight is 532 g/mol. The number of anilines is 1. The molecule has 6 rings (SSSR count). The van der Waals surface area contributed by atoms with Crippen LogP contribution in [0.5, 0.6) is 0 Å². The molecule has 0 bridgehead atoms. The number of fused-ring (bicyclic) bond motifs is 2. The lowest BCUT2D eigenvalue weighted by atomic mass is 10.1. The van der Waals surface area contributed by atoms with Gasteiger partial charge in [0.05, 0.1) is 18.5 Å². The van der Waals surface area contributed by atoms with Crippen LogP contribution in [0.15, 0.2) is 114 Å². The molecular weight excluding hydrogens is 506 g/mol. The molecule has 0 aliphatic rings. The molecule has 0 radical (unpaired) electrons. The number of thioether (sulfide) groups is 1. The Kier molecular flexibility index (Phi) is 7.05. The van der Waals surface area contributed by atoms with E-state index in [1.54, 1.807) is 6.21 Å². The highest BCUT2D eigenvalue weighted by Gasteiger charge is 2.16. The van der Waals surface area contributed by atoms with E-state index in [1.165, 1.54) is 17.1 Å². The molecule has 0 saturated carbocycles. The molecule has 2 aromatic heterocycles. The van der Waals surface area contributed by atoms with Crippen LogP contribution in [0.3, 0.4) is 0 Å². The summed E-state index contributed by atoms with van der Waals surface area (Å²) in [5, 5.41) is 20.5. The predicted molar refractivity (Wildman–Crippen MR) is 157 cm³/mol. The van der Waals surface area contributed by atoms with Gasteiger partial charge in [0.15, 0.2) is 11.0 Å². The SMILES string of the molecule is O=C(CSc1nnc(CNc2cccc3ccccc23)n1-c1ccccc1)N/N=C/c1c[nH]c2ccccc12. The molecule has 192 valence electrons. The van der Waals surface area contributed by atoms with Gasteiger partial charge in [0.1, 0.15) is 0 Å². The largest absolute Gasteiger partial charge is 0.377 e. The van der Waals surface area contributed by atoms with Crippen molar-refractivity contribution < 1.29 is 4.79 Å². The van der Waals surface area contributed by atoms with Crippen molar-refractivity contribution in [3.8, 4) is 5.69 Å². The molecule has 0 aliphatic heterocycles. The number of benzene rings is 4. The normalized spacial score (nSPS) is 11.4. The first-order valence-electron chi connectivity index (χ1n) is 12.5. The Labute approximate surface area is 229 Å². The van der Waals surface area contributed by atoms with Crippen LogP contribution in [0, 0.1) is 0 Å². The van der Waals surface area contributed by atoms with Gasteiger partial charge in [-0.05, 0) is 29.7 Å². The van der Waals surface area contributed by atoms with Gasteiger partial charge in [0.2, 0.25) is 0 Å². The topological polar surface area (TPSA) is 100.0 Å². The quantitative estimate of drug-likeness (QED) is 0.125. The molecule has 4 aromatic carbocycles. The molecule has 39 heavy (non-hydrogen) atoms. The van der Waals surface area contributed by atoms with Crippen molar-refractivity contribution in [3.05, 3.63) is 115 Å². The lowest BCUT2D eigenvalue weighted by Gasteiger charge is -2.12. The van der Waals surface area contributed by atoms with Gasteiger partial charge in [0, 0.05) is 39.4 Å². The Bertz CT molecular complexity index is 1770. The summed E-state index contributed by atoms with van der Waals surface area (Å²) in [6.07, 6.45) is 3.51. The third-order valence-corrected chi connectivity index (χ3v) is 7.22. The zero-order valence-electron chi connectivity index (χ0n) is 20.9. The van der Waals surface area contributed by atoms with Crippen molar-refractivity contribution in [1.29, 1.82) is 0 Å². The fraction of sp³-hybridized carbons (Fsp3) is 0.0667. The van der Waals surface area contributed by atoms with Gasteiger partial charge in [-0.1, -0.05) is 84.6 Å². The van der Waals surface area contributed by atoms with Crippen LogP contribution in [0.1, 0.15) is 11.4 Å². The summed E-state index contributed by atoms with van der Waals surface area (Å²) in [5.74, 6) is 0.663. The van der Waals surface area contributed by atoms with Crippen molar-refractivity contribution in [2.45, 2.75) is 11.7 Å². The molecule has 8 nitrogen and oxygen atoms in total. The maximum Gasteiger partial charge on any atom is 0.250 e. The maximum atomic E-state index is 12.6. The Morgan fingerprint density at radius 2 is 1.67 bits per heavy atom. The lowest BCUT2D eigenvalue weighted by Crippen LogP contribution is -2.20. The molecule has 1 amide bonds. The number of para-hydroxylation sites is 2. The van der Waals surface area contributed by atoms with Gasteiger partial charge >= 0.3 is 0 Å². The molecule has 0 atom stereocenters. The zero-order chi connectivity index (χ0) is 26.4. The Morgan fingerprint density at radius 3 is 2.56 bits per heavy atom. The van der Waals surface area contributed by atoms with Gasteiger partial charge in [-0.2, -0.15) is 5.10 Å². The van der Waals surface area contributed by atoms with E-state index in [0.717, 1.165) is 39.1 Å². The molecular formula is C30H25N7OS. The maximum absolute atomic E-state index is 12.6. The van der Waals surface area contributed by atoms with Crippen LogP contribution in [0.4, 0.5) is 5.69 Å². The Balaban J connectivity index is 1.15. The molecule has 2 heterocycles. The van der Waals surface area contributed by atoms with Crippen molar-refractivity contribution in [2.75, 3.05) is 11.1 Å². The van der Waals surface area contributed by atoms with E-state index < -0.39 is 0 Å². The first kappa shape index (κ1) is 24.4. The number of nitrogens with zero attached hydrogens (tertiary/aromatic N) is 4. The van der Waals surface area contributed by atoms with Crippen molar-refractivity contribution in [3.63, 3.8) is 0 Å². The second-order valence-corrected chi connectivity index (χ2v) is 9.76. The third kappa shape index (κ3) is 5.39. The van der Waals surface area contributed by atoms with Crippen LogP contribution in [0.2, 0.25) is 0 Å². The second-order valence-electron chi connectivity index (χ2n) is 8.82. The lowest BCUT2D eigenvalue weighted by molar-refractivity contribution is -0.118. The smallest absolute Gasteiger partial charge is 0.250 e. The first-order valence-corrected chi connectivity index (χ1v) is 13.5. The Hall–Kier alpha value is -4.89. The van der Waals surface area contributed by atoms with Crippen LogP contribution in [0.25, 0.3) is 27.4 Å². The third-order valence-electron chi connectivity index (χ3n) is 6.29. The van der Waals surface area contributed by atoms with Gasteiger partial charge in [-0.25, -0.2) is 5.43 Å². The predicted octanol–water partition coefficient (Wildman–Crippen LogP) is 5.76. The molecule has 3 N–H and O–H groups in total. The molecule has 9 heteroatoms. The number of aromatic amines is 1. The first-order chi connectivity index (χ1) is 19.3. The number of rotatable bonds is 9. The molecule has 0 aliphatic carbocycles. The summed E-state index contributed by atoms with van der Waals surface area (Å²) in [7, 11) is 0. The molecule has 6 aromatic rings. The minimum absolute atomic E-state index is 0.146. The second kappa shape index (κ2) is 11.2. The number of H-pyrrole nitrogens is 1. The van der Waals surface area contributed by atoms with Gasteiger partial charge in [-0.15, -0.1) is 10.2 Å². The molecule has 0 spiro atoms. The van der Waals surface area contributed by atoms with Gasteiger partial charge in [-0.3, -0.25) is 9.36 Å². The van der Waals surface area contributed by atoms with Crippen LogP contribution >= 0.6 is 11.8 Å². The number of hydrazone groups is 1. The van der Waals surface area contributed by atoms with E-state index in [1.807, 2.05) is 83.6 Å². The van der Waals surface area contributed by atoms with Crippen molar-refractivity contribution in [2.24, 2.45) is 5.10 Å². The highest BCUT2D eigenvalue weighted by Crippen LogP contribution is 2.26. The number of carbonyl (C=O) groups excluding carboxylic acids is 1. The number of amides is 1. The number of nitrogens with one attached hydrogen (secondary N) is 3. The van der Waals surface area contributed by atoms with E-state index >= 15 is 0 Å². The number of carbonyl (C=O) groups is 1. The van der Waals surface area contributed by atoms with Crippen molar-refractivity contribution >= 4 is 51.2 Å². The minimum atomic E-state index is -0.228. The van der Waals surface area contributed by atoms with E-state index in [0.29, 0.717) is 11.7 Å². The highest BCUT2D eigenvalue weighted by molar-refractivity contribution is 7.99. The van der Waals surface area contributed by atoms with Crippen LogP contribution in [-0.4, -0.2) is 37.6 Å². The van der Waals surface area contributed by atoms with E-state index in [2.05, 4.69) is 55.3 Å². The minimum Gasteiger partial charge on any atom is -0.377 e. The Morgan fingerprint density at radius 1 is 0.897 bits per heavy atom. The summed E-state index contributed by atoms with van der Waals surface area (Å²) < 4.78 is 1.98. The monoisotopic (exact) mass is 531 g/mol. The van der Waals surface area contributed by atoms with E-state index in [-0.39, 0.29) is 11.7 Å². The summed E-state index contributed by atoms with van der Waals surface area (Å²) in [6, 6.07) is 32.3. The fourth-order valence-corrected chi connectivity index (χ4v) is 5.20. The van der Waals surface area contributed by atoms with Gasteiger partial charge < -0.3 is 10.3 Å². The molecule has 0 fully saturated rings. The van der Waals surface area contributed by atoms with E-state index in [4.69, 9.17) is 0 Å². The van der Waals surface area contributed by atoms with Crippen molar-refractivity contribution in [1.82, 2.24) is 25.2 Å². The summed E-state index contributed by atoms with van der Waals surface area (Å²) >= 11 is 1.31. The summed E-state index contributed by atoms with van der Waals surface area (Å²) in [4.78, 5) is 15.8. The summed E-state index contributed by atoms with van der Waals surface area (Å²) in [5.41, 5.74) is 6.49. The fourth-order valence-electron chi connectivity index (χ4n) is 4.44. The molecule has 0 saturated heterocycles. The standard InChI is InChI=1S/C30H25N7OS/c38-29(35-33-18-22-17-31-26-15-7-6-14-25(22)26)20-39-30-36-34-28(37(30)23-11-2-1-3-12-23)19-32-27-16-8-10-21-9-4-5-13-24(21)27/h1-18,31-32H,19-20H2,(H,35,38)/b33-18+. The van der Waals surface area contributed by atoms with Gasteiger partial charge in [0.25, 0.3) is 5.91 Å². The average Bonchev–Trinajstić information content (AvgIpc) is 3.59. The molecule has 0 unspecified atom stereocenters. The van der Waals surface area contributed by atoms with E-state index in [9.17, 15) is 4.79 Å². The number of aromatic nitrogens is 4. The van der Waals surface area contributed by atoms with Crippen LogP contribution < -0.4 is 10.7 Å².